The maximum atomic E-state index is 11.8. The molecule has 1 amide bonds. The van der Waals surface area contributed by atoms with Gasteiger partial charge in [0.1, 0.15) is 5.01 Å². The number of rotatable bonds is 2. The van der Waals surface area contributed by atoms with Gasteiger partial charge in [0, 0.05) is 0 Å². The van der Waals surface area contributed by atoms with Crippen LogP contribution in [0.4, 0.5) is 5.13 Å². The molecule has 0 aliphatic heterocycles. The maximum absolute atomic E-state index is 11.8. The number of anilines is 1. The SMILES string of the molecule is Cc1nnc(NC(=O)C2(N)CCCC2)s1.Cl. The first-order valence-corrected chi connectivity index (χ1v) is 5.82. The van der Waals surface area contributed by atoms with Crippen molar-refractivity contribution >= 4 is 34.8 Å². The minimum absolute atomic E-state index is 0. The Bertz CT molecular complexity index is 375. The number of halogens is 1. The van der Waals surface area contributed by atoms with Crippen LogP contribution in [-0.4, -0.2) is 21.6 Å². The third-order valence-electron chi connectivity index (χ3n) is 2.69. The summed E-state index contributed by atoms with van der Waals surface area (Å²) in [5.74, 6) is -0.129. The molecule has 0 spiro atoms. The fourth-order valence-electron chi connectivity index (χ4n) is 1.80. The van der Waals surface area contributed by atoms with Gasteiger partial charge in [-0.05, 0) is 19.8 Å². The summed E-state index contributed by atoms with van der Waals surface area (Å²) in [5.41, 5.74) is 5.31. The lowest BCUT2D eigenvalue weighted by molar-refractivity contribution is -0.121. The number of nitrogens with one attached hydrogen (secondary N) is 1. The standard InChI is InChI=1S/C9H14N4OS.ClH/c1-6-12-13-8(15-6)11-7(14)9(10)4-2-3-5-9;/h2-5,10H2,1H3,(H,11,13,14);1H. The fraction of sp³-hybridized carbons (Fsp3) is 0.667. The van der Waals surface area contributed by atoms with Crippen LogP contribution >= 0.6 is 23.7 Å². The zero-order valence-corrected chi connectivity index (χ0v) is 10.7. The molecule has 1 saturated carbocycles. The van der Waals surface area contributed by atoms with Crippen molar-refractivity contribution in [1.29, 1.82) is 0 Å². The van der Waals surface area contributed by atoms with E-state index in [0.29, 0.717) is 5.13 Å². The number of carbonyl (C=O) groups excluding carboxylic acids is 1. The second kappa shape index (κ2) is 5.07. The lowest BCUT2D eigenvalue weighted by Crippen LogP contribution is -2.48. The minimum Gasteiger partial charge on any atom is -0.317 e. The van der Waals surface area contributed by atoms with Crippen LogP contribution in [0.2, 0.25) is 0 Å². The smallest absolute Gasteiger partial charge is 0.246 e. The van der Waals surface area contributed by atoms with E-state index in [2.05, 4.69) is 15.5 Å². The summed E-state index contributed by atoms with van der Waals surface area (Å²) in [7, 11) is 0. The van der Waals surface area contributed by atoms with Crippen LogP contribution in [0, 0.1) is 6.92 Å². The molecule has 0 aromatic carbocycles. The topological polar surface area (TPSA) is 80.9 Å². The Kier molecular flexibility index (Phi) is 4.23. The van der Waals surface area contributed by atoms with Gasteiger partial charge >= 0.3 is 0 Å². The lowest BCUT2D eigenvalue weighted by Gasteiger charge is -2.20. The van der Waals surface area contributed by atoms with E-state index >= 15 is 0 Å². The normalized spacial score (nSPS) is 17.9. The van der Waals surface area contributed by atoms with Crippen molar-refractivity contribution in [2.24, 2.45) is 5.73 Å². The molecular weight excluding hydrogens is 248 g/mol. The summed E-state index contributed by atoms with van der Waals surface area (Å²) in [5, 5.41) is 11.8. The van der Waals surface area contributed by atoms with E-state index in [1.807, 2.05) is 6.92 Å². The summed E-state index contributed by atoms with van der Waals surface area (Å²) in [6.45, 7) is 1.85. The number of carbonyl (C=O) groups is 1. The lowest BCUT2D eigenvalue weighted by atomic mass is 9.98. The fourth-order valence-corrected chi connectivity index (χ4v) is 2.39. The van der Waals surface area contributed by atoms with E-state index in [9.17, 15) is 4.79 Å². The van der Waals surface area contributed by atoms with Crippen LogP contribution in [0.3, 0.4) is 0 Å². The van der Waals surface area contributed by atoms with Crippen molar-refractivity contribution in [2.45, 2.75) is 38.1 Å². The minimum atomic E-state index is -0.695. The Morgan fingerprint density at radius 3 is 2.56 bits per heavy atom. The highest BCUT2D eigenvalue weighted by Gasteiger charge is 2.37. The number of aromatic nitrogens is 2. The summed E-state index contributed by atoms with van der Waals surface area (Å²) in [6, 6.07) is 0. The van der Waals surface area contributed by atoms with Crippen LogP contribution in [0.15, 0.2) is 0 Å². The molecule has 0 unspecified atom stereocenters. The molecule has 1 fully saturated rings. The molecule has 90 valence electrons. The molecule has 0 bridgehead atoms. The van der Waals surface area contributed by atoms with Gasteiger partial charge in [0.05, 0.1) is 5.54 Å². The molecular formula is C9H15ClN4OS. The highest BCUT2D eigenvalue weighted by atomic mass is 35.5. The zero-order chi connectivity index (χ0) is 10.9. The van der Waals surface area contributed by atoms with Crippen molar-refractivity contribution in [3.8, 4) is 0 Å². The van der Waals surface area contributed by atoms with E-state index in [-0.39, 0.29) is 18.3 Å². The van der Waals surface area contributed by atoms with Gasteiger partial charge in [0.25, 0.3) is 0 Å². The zero-order valence-electron chi connectivity index (χ0n) is 9.02. The number of nitrogens with zero attached hydrogens (tertiary/aromatic N) is 2. The van der Waals surface area contributed by atoms with Gasteiger partial charge in [-0.25, -0.2) is 0 Å². The summed E-state index contributed by atoms with van der Waals surface area (Å²) >= 11 is 1.36. The highest BCUT2D eigenvalue weighted by molar-refractivity contribution is 7.15. The second-order valence-corrected chi connectivity index (χ2v) is 5.13. The van der Waals surface area contributed by atoms with Crippen molar-refractivity contribution in [2.75, 3.05) is 5.32 Å². The highest BCUT2D eigenvalue weighted by Crippen LogP contribution is 2.28. The third-order valence-corrected chi connectivity index (χ3v) is 3.45. The predicted octanol–water partition coefficient (Wildman–Crippen LogP) is 1.48. The first-order valence-electron chi connectivity index (χ1n) is 5.01. The van der Waals surface area contributed by atoms with Gasteiger partial charge in [0.15, 0.2) is 0 Å². The molecule has 3 N–H and O–H groups in total. The van der Waals surface area contributed by atoms with Crippen molar-refractivity contribution < 1.29 is 4.79 Å². The van der Waals surface area contributed by atoms with E-state index < -0.39 is 5.54 Å². The molecule has 0 atom stereocenters. The molecule has 1 heterocycles. The first kappa shape index (κ1) is 13.3. The van der Waals surface area contributed by atoms with Gasteiger partial charge in [0.2, 0.25) is 11.0 Å². The van der Waals surface area contributed by atoms with Crippen LogP contribution in [0.25, 0.3) is 0 Å². The Hall–Kier alpha value is -0.720. The number of nitrogens with two attached hydrogens (primary N) is 1. The summed E-state index contributed by atoms with van der Waals surface area (Å²) < 4.78 is 0. The van der Waals surface area contributed by atoms with Crippen molar-refractivity contribution in [3.63, 3.8) is 0 Å². The van der Waals surface area contributed by atoms with Crippen molar-refractivity contribution in [3.05, 3.63) is 5.01 Å². The van der Waals surface area contributed by atoms with Crippen molar-refractivity contribution in [1.82, 2.24) is 10.2 Å². The summed E-state index contributed by atoms with van der Waals surface area (Å²) in [6.07, 6.45) is 3.57. The monoisotopic (exact) mass is 262 g/mol. The van der Waals surface area contributed by atoms with E-state index in [1.165, 1.54) is 11.3 Å². The molecule has 1 aromatic heterocycles. The van der Waals surface area contributed by atoms with E-state index in [4.69, 9.17) is 5.73 Å². The Labute approximate surface area is 104 Å². The predicted molar refractivity (Wildman–Crippen MR) is 65.9 cm³/mol. The molecule has 5 nitrogen and oxygen atoms in total. The number of aryl methyl sites for hydroxylation is 1. The van der Waals surface area contributed by atoms with Crippen LogP contribution in [-0.2, 0) is 4.79 Å². The van der Waals surface area contributed by atoms with Gasteiger partial charge in [-0.2, -0.15) is 0 Å². The van der Waals surface area contributed by atoms with E-state index in [1.54, 1.807) is 0 Å². The number of amides is 1. The quantitative estimate of drug-likeness (QED) is 0.846. The van der Waals surface area contributed by atoms with Crippen LogP contribution in [0.5, 0.6) is 0 Å². The maximum Gasteiger partial charge on any atom is 0.246 e. The van der Waals surface area contributed by atoms with Crippen LogP contribution in [0.1, 0.15) is 30.7 Å². The molecule has 1 aliphatic carbocycles. The third kappa shape index (κ3) is 2.69. The summed E-state index contributed by atoms with van der Waals surface area (Å²) in [4.78, 5) is 11.8. The first-order chi connectivity index (χ1) is 7.10. The van der Waals surface area contributed by atoms with E-state index in [0.717, 1.165) is 30.7 Å². The van der Waals surface area contributed by atoms with Crippen LogP contribution < -0.4 is 11.1 Å². The number of hydrogen-bond acceptors (Lipinski definition) is 5. The van der Waals surface area contributed by atoms with Gasteiger partial charge in [-0.3, -0.25) is 10.1 Å². The Morgan fingerprint density at radius 2 is 2.06 bits per heavy atom. The molecule has 16 heavy (non-hydrogen) atoms. The number of hydrogen-bond donors (Lipinski definition) is 2. The van der Waals surface area contributed by atoms with Gasteiger partial charge in [-0.15, -0.1) is 22.6 Å². The average molecular weight is 263 g/mol. The molecule has 7 heteroatoms. The Balaban J connectivity index is 0.00000128. The molecule has 1 aromatic rings. The molecule has 1 aliphatic rings. The van der Waals surface area contributed by atoms with Gasteiger partial charge in [-0.1, -0.05) is 24.2 Å². The Morgan fingerprint density at radius 1 is 1.44 bits per heavy atom. The molecule has 2 rings (SSSR count). The average Bonchev–Trinajstić information content (AvgIpc) is 2.76. The largest absolute Gasteiger partial charge is 0.317 e. The molecule has 0 radical (unpaired) electrons. The second-order valence-electron chi connectivity index (χ2n) is 3.94. The molecule has 0 saturated heterocycles. The van der Waals surface area contributed by atoms with Gasteiger partial charge < -0.3 is 5.73 Å².